The summed E-state index contributed by atoms with van der Waals surface area (Å²) in [5.74, 6) is 0.835. The Morgan fingerprint density at radius 1 is 1.25 bits per heavy atom. The van der Waals surface area contributed by atoms with Crippen molar-refractivity contribution >= 4 is 11.8 Å². The van der Waals surface area contributed by atoms with Crippen molar-refractivity contribution in [2.24, 2.45) is 0 Å². The lowest BCUT2D eigenvalue weighted by Gasteiger charge is -2.16. The van der Waals surface area contributed by atoms with Gasteiger partial charge in [-0.15, -0.1) is 0 Å². The van der Waals surface area contributed by atoms with Gasteiger partial charge in [-0.1, -0.05) is 12.1 Å². The molecule has 5 heteroatoms. The third-order valence-electron chi connectivity index (χ3n) is 2.32. The molecule has 1 unspecified atom stereocenters. The molecule has 1 aromatic rings. The molecule has 0 amide bonds. The van der Waals surface area contributed by atoms with Gasteiger partial charge in [0.25, 0.3) is 0 Å². The second kappa shape index (κ2) is 5.59. The molecule has 1 aromatic carbocycles. The average molecular weight is 249 g/mol. The predicted molar refractivity (Wildman–Crippen MR) is 61.6 cm³/mol. The van der Waals surface area contributed by atoms with Gasteiger partial charge in [-0.3, -0.25) is 0 Å². The molecule has 0 aliphatic rings. The number of hydrogen-bond donors (Lipinski definition) is 1. The first kappa shape index (κ1) is 13.4. The molecule has 0 radical (unpaired) electrons. The molecule has 0 bridgehead atoms. The van der Waals surface area contributed by atoms with Crippen LogP contribution in [0.25, 0.3) is 0 Å². The lowest BCUT2D eigenvalue weighted by Crippen LogP contribution is -2.18. The second-order valence-electron chi connectivity index (χ2n) is 3.42. The summed E-state index contributed by atoms with van der Waals surface area (Å²) in [5.41, 5.74) is 0.278. The lowest BCUT2D eigenvalue weighted by molar-refractivity contribution is -0.137. The Balaban J connectivity index is 2.85. The monoisotopic (exact) mass is 249 g/mol. The van der Waals surface area contributed by atoms with Crippen molar-refractivity contribution < 1.29 is 13.2 Å². The average Bonchev–Trinajstić information content (AvgIpc) is 2.25. The van der Waals surface area contributed by atoms with E-state index in [0.29, 0.717) is 0 Å². The van der Waals surface area contributed by atoms with E-state index >= 15 is 0 Å². The van der Waals surface area contributed by atoms with Gasteiger partial charge in [0.15, 0.2) is 0 Å². The molecule has 0 saturated heterocycles. The van der Waals surface area contributed by atoms with Gasteiger partial charge < -0.3 is 5.32 Å². The Labute approximate surface area is 97.4 Å². The molecule has 1 atom stereocenters. The first-order valence-electron chi connectivity index (χ1n) is 4.82. The molecule has 0 heterocycles. The molecule has 0 aromatic heterocycles. The van der Waals surface area contributed by atoms with E-state index < -0.39 is 11.7 Å². The maximum absolute atomic E-state index is 12.3. The highest BCUT2D eigenvalue weighted by atomic mass is 32.2. The Hall–Kier alpha value is -0.680. The largest absolute Gasteiger partial charge is 0.416 e. The number of alkyl halides is 3. The van der Waals surface area contributed by atoms with Crippen LogP contribution in [0.2, 0.25) is 0 Å². The summed E-state index contributed by atoms with van der Waals surface area (Å²) >= 11 is 1.65. The standard InChI is InChI=1S/C11H14F3NS/c1-15-10(7-16-2)8-3-5-9(6-4-8)11(12,13)14/h3-6,10,15H,7H2,1-2H3. The highest BCUT2D eigenvalue weighted by Crippen LogP contribution is 2.30. The van der Waals surface area contributed by atoms with Crippen LogP contribution in [-0.4, -0.2) is 19.1 Å². The lowest BCUT2D eigenvalue weighted by atomic mass is 10.1. The van der Waals surface area contributed by atoms with Crippen LogP contribution in [0.15, 0.2) is 24.3 Å². The molecular formula is C11H14F3NS. The number of benzene rings is 1. The zero-order valence-electron chi connectivity index (χ0n) is 9.14. The van der Waals surface area contributed by atoms with E-state index in [1.165, 1.54) is 12.1 Å². The summed E-state index contributed by atoms with van der Waals surface area (Å²) in [6.07, 6.45) is -2.29. The van der Waals surface area contributed by atoms with Crippen LogP contribution in [-0.2, 0) is 6.18 Å². The molecular weight excluding hydrogens is 235 g/mol. The normalized spacial score (nSPS) is 13.8. The van der Waals surface area contributed by atoms with Crippen LogP contribution in [0, 0.1) is 0 Å². The van der Waals surface area contributed by atoms with Crippen molar-refractivity contribution in [3.05, 3.63) is 35.4 Å². The highest BCUT2D eigenvalue weighted by Gasteiger charge is 2.30. The van der Waals surface area contributed by atoms with Crippen molar-refractivity contribution in [3.8, 4) is 0 Å². The Morgan fingerprint density at radius 2 is 1.81 bits per heavy atom. The molecule has 0 aliphatic carbocycles. The minimum absolute atomic E-state index is 0.0947. The van der Waals surface area contributed by atoms with E-state index in [0.717, 1.165) is 23.4 Å². The number of nitrogens with one attached hydrogen (secondary N) is 1. The Kier molecular flexibility index (Phi) is 4.68. The van der Waals surface area contributed by atoms with Gasteiger partial charge in [0.05, 0.1) is 5.56 Å². The maximum atomic E-state index is 12.3. The fraction of sp³-hybridized carbons (Fsp3) is 0.455. The minimum atomic E-state index is -4.26. The van der Waals surface area contributed by atoms with E-state index in [1.54, 1.807) is 18.8 Å². The van der Waals surface area contributed by atoms with Crippen LogP contribution in [0.3, 0.4) is 0 Å². The van der Waals surface area contributed by atoms with Crippen molar-refractivity contribution in [3.63, 3.8) is 0 Å². The van der Waals surface area contributed by atoms with Crippen LogP contribution < -0.4 is 5.32 Å². The van der Waals surface area contributed by atoms with E-state index in [-0.39, 0.29) is 6.04 Å². The fourth-order valence-electron chi connectivity index (χ4n) is 1.42. The predicted octanol–water partition coefficient (Wildman–Crippen LogP) is 3.33. The van der Waals surface area contributed by atoms with E-state index in [9.17, 15) is 13.2 Å². The third-order valence-corrected chi connectivity index (χ3v) is 2.99. The minimum Gasteiger partial charge on any atom is -0.312 e. The molecule has 1 N–H and O–H groups in total. The smallest absolute Gasteiger partial charge is 0.312 e. The van der Waals surface area contributed by atoms with Crippen molar-refractivity contribution in [2.75, 3.05) is 19.1 Å². The third kappa shape index (κ3) is 3.42. The van der Waals surface area contributed by atoms with Crippen molar-refractivity contribution in [1.29, 1.82) is 0 Å². The van der Waals surface area contributed by atoms with E-state index in [1.807, 2.05) is 6.26 Å². The number of thioether (sulfide) groups is 1. The summed E-state index contributed by atoms with van der Waals surface area (Å²) in [4.78, 5) is 0. The first-order valence-corrected chi connectivity index (χ1v) is 6.21. The summed E-state index contributed by atoms with van der Waals surface area (Å²) in [6, 6.07) is 5.40. The van der Waals surface area contributed by atoms with E-state index in [4.69, 9.17) is 0 Å². The number of rotatable bonds is 4. The molecule has 1 rings (SSSR count). The molecule has 0 aliphatic heterocycles. The van der Waals surface area contributed by atoms with Gasteiger partial charge in [0.1, 0.15) is 0 Å². The van der Waals surface area contributed by atoms with Gasteiger partial charge in [-0.2, -0.15) is 24.9 Å². The number of hydrogen-bond acceptors (Lipinski definition) is 2. The molecule has 1 nitrogen and oxygen atoms in total. The zero-order valence-corrected chi connectivity index (χ0v) is 9.95. The van der Waals surface area contributed by atoms with Crippen LogP contribution in [0.1, 0.15) is 17.2 Å². The SMILES string of the molecule is CNC(CSC)c1ccc(C(F)(F)F)cc1. The molecule has 0 spiro atoms. The number of halogens is 3. The highest BCUT2D eigenvalue weighted by molar-refractivity contribution is 7.98. The quantitative estimate of drug-likeness (QED) is 0.878. The maximum Gasteiger partial charge on any atom is 0.416 e. The summed E-state index contributed by atoms with van der Waals surface area (Å²) < 4.78 is 37.0. The fourth-order valence-corrected chi connectivity index (χ4v) is 2.11. The summed E-state index contributed by atoms with van der Waals surface area (Å²) in [7, 11) is 1.80. The zero-order chi connectivity index (χ0) is 12.2. The second-order valence-corrected chi connectivity index (χ2v) is 4.33. The van der Waals surface area contributed by atoms with Crippen LogP contribution >= 0.6 is 11.8 Å². The Bertz CT molecular complexity index is 321. The first-order chi connectivity index (χ1) is 7.49. The van der Waals surface area contributed by atoms with Crippen LogP contribution in [0.5, 0.6) is 0 Å². The molecule has 90 valence electrons. The van der Waals surface area contributed by atoms with Crippen LogP contribution in [0.4, 0.5) is 13.2 Å². The van der Waals surface area contributed by atoms with Gasteiger partial charge in [-0.25, -0.2) is 0 Å². The topological polar surface area (TPSA) is 12.0 Å². The molecule has 0 saturated carbocycles. The van der Waals surface area contributed by atoms with Gasteiger partial charge in [-0.05, 0) is 31.0 Å². The molecule has 0 fully saturated rings. The van der Waals surface area contributed by atoms with Gasteiger partial charge in [0.2, 0.25) is 0 Å². The Morgan fingerprint density at radius 3 is 2.19 bits per heavy atom. The summed E-state index contributed by atoms with van der Waals surface area (Å²) in [6.45, 7) is 0. The van der Waals surface area contributed by atoms with Gasteiger partial charge in [0, 0.05) is 11.8 Å². The molecule has 16 heavy (non-hydrogen) atoms. The van der Waals surface area contributed by atoms with Crippen molar-refractivity contribution in [2.45, 2.75) is 12.2 Å². The van der Waals surface area contributed by atoms with E-state index in [2.05, 4.69) is 5.32 Å². The van der Waals surface area contributed by atoms with Crippen molar-refractivity contribution in [1.82, 2.24) is 5.32 Å². The summed E-state index contributed by atoms with van der Waals surface area (Å²) in [5, 5.41) is 3.08. The van der Waals surface area contributed by atoms with Gasteiger partial charge >= 0.3 is 6.18 Å².